The van der Waals surface area contributed by atoms with E-state index in [1.165, 1.54) is 8.87 Å². The fraction of sp³-hybridized carbons (Fsp3) is 0.222. The highest BCUT2D eigenvalue weighted by Gasteiger charge is 2.53. The minimum Gasteiger partial charge on any atom is -0.380 e. The van der Waals surface area contributed by atoms with Crippen LogP contribution in [-0.4, -0.2) is 62.0 Å². The number of hydrogen-bond donors (Lipinski definition) is 2. The van der Waals surface area contributed by atoms with Gasteiger partial charge in [0.2, 0.25) is 15.6 Å². The average molecular weight is 549 g/mol. The van der Waals surface area contributed by atoms with Crippen molar-refractivity contribution in [3.63, 3.8) is 0 Å². The van der Waals surface area contributed by atoms with Gasteiger partial charge in [-0.05, 0) is 53.6 Å². The van der Waals surface area contributed by atoms with Gasteiger partial charge in [-0.1, -0.05) is 35.9 Å². The number of rotatable bonds is 6. The van der Waals surface area contributed by atoms with E-state index in [-0.39, 0.29) is 15.9 Å². The fourth-order valence-electron chi connectivity index (χ4n) is 5.04. The van der Waals surface area contributed by atoms with E-state index in [0.717, 1.165) is 28.5 Å². The van der Waals surface area contributed by atoms with Crippen molar-refractivity contribution in [1.82, 2.24) is 13.9 Å². The van der Waals surface area contributed by atoms with E-state index in [1.807, 2.05) is 54.4 Å². The van der Waals surface area contributed by atoms with Crippen LogP contribution in [0.15, 0.2) is 71.6 Å². The Hall–Kier alpha value is -3.57. The number of nitrogens with zero attached hydrogens (tertiary/aromatic N) is 4. The molecule has 0 bridgehead atoms. The Morgan fingerprint density at radius 3 is 2.45 bits per heavy atom. The zero-order chi connectivity index (χ0) is 26.7. The van der Waals surface area contributed by atoms with E-state index in [0.29, 0.717) is 42.7 Å². The maximum atomic E-state index is 13.0. The standard InChI is InChI=1S/C27H25ClN6O3S/c1-32(25-23-10-7-20(28)12-24(23)34(17-29)26(30)31-25)21-4-2-3-19(11-21)18-5-8-22(9-6-18)38(35,36)33-13-27(14-33)15-37-16-27/h2-12,17,29-30H,13-16H2,1H3. The predicted octanol–water partition coefficient (Wildman–Crippen LogP) is 4.08. The number of aromatic nitrogens is 2. The van der Waals surface area contributed by atoms with Crippen molar-refractivity contribution in [2.24, 2.45) is 5.41 Å². The molecule has 6 rings (SSSR count). The third-order valence-corrected chi connectivity index (χ3v) is 9.29. The summed E-state index contributed by atoms with van der Waals surface area (Å²) in [6.07, 6.45) is 1.05. The minimum atomic E-state index is -3.52. The lowest BCUT2D eigenvalue weighted by Crippen LogP contribution is -2.66. The molecular formula is C27H25ClN6O3S. The molecule has 2 fully saturated rings. The first kappa shape index (κ1) is 24.7. The molecule has 2 saturated heterocycles. The van der Waals surface area contributed by atoms with Crippen LogP contribution in [0.25, 0.3) is 22.0 Å². The summed E-state index contributed by atoms with van der Waals surface area (Å²) in [7, 11) is -1.66. The van der Waals surface area contributed by atoms with Gasteiger partial charge in [-0.2, -0.15) is 9.29 Å². The molecule has 9 nitrogen and oxygen atoms in total. The highest BCUT2D eigenvalue weighted by molar-refractivity contribution is 7.89. The van der Waals surface area contributed by atoms with Crippen molar-refractivity contribution in [1.29, 1.82) is 10.8 Å². The van der Waals surface area contributed by atoms with E-state index in [9.17, 15) is 8.42 Å². The van der Waals surface area contributed by atoms with Crippen molar-refractivity contribution in [3.05, 3.63) is 77.4 Å². The lowest BCUT2D eigenvalue weighted by atomic mass is 9.80. The molecule has 38 heavy (non-hydrogen) atoms. The number of nitrogens with one attached hydrogen (secondary N) is 2. The van der Waals surface area contributed by atoms with Crippen LogP contribution in [0.3, 0.4) is 0 Å². The minimum absolute atomic E-state index is 0.0190. The second kappa shape index (κ2) is 9.02. The summed E-state index contributed by atoms with van der Waals surface area (Å²) in [5, 5.41) is 17.3. The summed E-state index contributed by atoms with van der Waals surface area (Å²) in [6, 6.07) is 20.1. The first-order valence-electron chi connectivity index (χ1n) is 12.0. The van der Waals surface area contributed by atoms with Crippen LogP contribution in [0.2, 0.25) is 5.02 Å². The summed E-state index contributed by atoms with van der Waals surface area (Å²) < 4.78 is 34.2. The quantitative estimate of drug-likeness (QED) is 0.278. The molecule has 0 amide bonds. The van der Waals surface area contributed by atoms with Crippen LogP contribution in [-0.2, 0) is 14.8 Å². The van der Waals surface area contributed by atoms with Crippen molar-refractivity contribution in [2.45, 2.75) is 4.90 Å². The molecule has 0 unspecified atom stereocenters. The van der Waals surface area contributed by atoms with Crippen molar-refractivity contribution >= 4 is 50.4 Å². The Labute approximate surface area is 224 Å². The molecule has 1 aromatic heterocycles. The number of anilines is 2. The molecule has 1 spiro atoms. The highest BCUT2D eigenvalue weighted by atomic mass is 35.5. The summed E-state index contributed by atoms with van der Waals surface area (Å²) in [4.78, 5) is 6.62. The van der Waals surface area contributed by atoms with Crippen LogP contribution < -0.4 is 10.5 Å². The summed E-state index contributed by atoms with van der Waals surface area (Å²) in [5.41, 5.74) is 3.18. The molecule has 11 heteroatoms. The fourth-order valence-corrected chi connectivity index (χ4v) is 6.87. The Morgan fingerprint density at radius 2 is 1.79 bits per heavy atom. The van der Waals surface area contributed by atoms with Crippen LogP contribution in [0.1, 0.15) is 0 Å². The van der Waals surface area contributed by atoms with E-state index >= 15 is 0 Å². The Bertz CT molecular complexity index is 1740. The molecular weight excluding hydrogens is 524 g/mol. The van der Waals surface area contributed by atoms with Gasteiger partial charge in [0.15, 0.2) is 0 Å². The number of ether oxygens (including phenoxy) is 1. The van der Waals surface area contributed by atoms with Gasteiger partial charge in [0.05, 0.1) is 30.0 Å². The zero-order valence-corrected chi connectivity index (χ0v) is 22.1. The number of hydrogen-bond acceptors (Lipinski definition) is 7. The molecule has 2 aliphatic rings. The molecule has 0 saturated carbocycles. The van der Waals surface area contributed by atoms with Gasteiger partial charge in [0, 0.05) is 41.6 Å². The molecule has 3 heterocycles. The summed E-state index contributed by atoms with van der Waals surface area (Å²) >= 11 is 6.20. The smallest absolute Gasteiger partial charge is 0.243 e. The van der Waals surface area contributed by atoms with Crippen LogP contribution in [0.4, 0.5) is 11.5 Å². The van der Waals surface area contributed by atoms with Gasteiger partial charge in [0.1, 0.15) is 5.82 Å². The van der Waals surface area contributed by atoms with E-state index in [4.69, 9.17) is 27.2 Å². The zero-order valence-electron chi connectivity index (χ0n) is 20.6. The van der Waals surface area contributed by atoms with Crippen LogP contribution in [0, 0.1) is 16.2 Å². The molecule has 0 aliphatic carbocycles. The molecule has 2 N–H and O–H groups in total. The third-order valence-electron chi connectivity index (χ3n) is 7.25. The van der Waals surface area contributed by atoms with Gasteiger partial charge < -0.3 is 9.64 Å². The molecule has 4 aromatic rings. The first-order chi connectivity index (χ1) is 18.2. The summed E-state index contributed by atoms with van der Waals surface area (Å²) in [5.74, 6) is 0.558. The monoisotopic (exact) mass is 548 g/mol. The number of sulfonamides is 1. The molecule has 3 aromatic carbocycles. The molecule has 0 atom stereocenters. The number of halogens is 1. The normalized spacial score (nSPS) is 16.7. The average Bonchev–Trinajstić information content (AvgIpc) is 2.86. The third kappa shape index (κ3) is 4.01. The number of benzene rings is 3. The van der Waals surface area contributed by atoms with Gasteiger partial charge >= 0.3 is 0 Å². The second-order valence-corrected chi connectivity index (χ2v) is 12.2. The van der Waals surface area contributed by atoms with Gasteiger partial charge in [0.25, 0.3) is 0 Å². The second-order valence-electron chi connectivity index (χ2n) is 9.82. The lowest BCUT2D eigenvalue weighted by Gasteiger charge is -2.53. The van der Waals surface area contributed by atoms with E-state index < -0.39 is 10.0 Å². The van der Waals surface area contributed by atoms with Gasteiger partial charge in [-0.25, -0.2) is 8.42 Å². The largest absolute Gasteiger partial charge is 0.380 e. The SMILES string of the molecule is CN(c1cccc(-c2ccc(S(=O)(=O)N3CC4(COC4)C3)cc2)c1)c1nc(=N)n(C=N)c2cc(Cl)ccc12. The van der Waals surface area contributed by atoms with E-state index in [2.05, 4.69) is 4.98 Å². The van der Waals surface area contributed by atoms with Crippen LogP contribution in [0.5, 0.6) is 0 Å². The van der Waals surface area contributed by atoms with E-state index in [1.54, 1.807) is 24.3 Å². The molecule has 0 radical (unpaired) electrons. The van der Waals surface area contributed by atoms with Gasteiger partial charge in [-0.3, -0.25) is 15.4 Å². The van der Waals surface area contributed by atoms with Crippen molar-refractivity contribution in [2.75, 3.05) is 38.3 Å². The lowest BCUT2D eigenvalue weighted by molar-refractivity contribution is -0.166. The maximum Gasteiger partial charge on any atom is 0.243 e. The van der Waals surface area contributed by atoms with Crippen LogP contribution >= 0.6 is 11.6 Å². The Morgan fingerprint density at radius 1 is 1.05 bits per heavy atom. The number of fused-ring (bicyclic) bond motifs is 1. The first-order valence-corrected chi connectivity index (χ1v) is 13.8. The predicted molar refractivity (Wildman–Crippen MR) is 147 cm³/mol. The Balaban J connectivity index is 1.30. The van der Waals surface area contributed by atoms with Crippen molar-refractivity contribution < 1.29 is 13.2 Å². The van der Waals surface area contributed by atoms with Crippen molar-refractivity contribution in [3.8, 4) is 11.1 Å². The summed E-state index contributed by atoms with van der Waals surface area (Å²) in [6.45, 7) is 2.30. The molecule has 194 valence electrons. The topological polar surface area (TPSA) is 115 Å². The highest BCUT2D eigenvalue weighted by Crippen LogP contribution is 2.40. The molecule has 2 aliphatic heterocycles. The maximum absolute atomic E-state index is 13.0. The van der Waals surface area contributed by atoms with Gasteiger partial charge in [-0.15, -0.1) is 0 Å². The Kier molecular flexibility index (Phi) is 5.88.